The Morgan fingerprint density at radius 2 is 2.33 bits per heavy atom. The minimum absolute atomic E-state index is 0.115. The number of likely N-dealkylation sites (N-methyl/N-ethyl adjacent to an activating group) is 1. The SMILES string of the molecule is COc1cc(N)ccc1NC(=O)CN(C)Cc1cscn1. The number of benzene rings is 1. The van der Waals surface area contributed by atoms with Gasteiger partial charge in [0.15, 0.2) is 0 Å². The fraction of sp³-hybridized carbons (Fsp3) is 0.286. The van der Waals surface area contributed by atoms with Crippen LogP contribution in [0.1, 0.15) is 5.69 Å². The summed E-state index contributed by atoms with van der Waals surface area (Å²) >= 11 is 1.54. The maximum absolute atomic E-state index is 12.0. The molecule has 0 aliphatic heterocycles. The third kappa shape index (κ3) is 4.44. The highest BCUT2D eigenvalue weighted by atomic mass is 32.1. The molecule has 2 aromatic rings. The molecule has 0 unspecified atom stereocenters. The normalized spacial score (nSPS) is 10.6. The van der Waals surface area contributed by atoms with E-state index < -0.39 is 0 Å². The molecule has 1 heterocycles. The second-order valence-electron chi connectivity index (χ2n) is 4.66. The van der Waals surface area contributed by atoms with Crippen molar-refractivity contribution in [3.63, 3.8) is 0 Å². The van der Waals surface area contributed by atoms with Crippen molar-refractivity contribution >= 4 is 28.6 Å². The van der Waals surface area contributed by atoms with Crippen LogP contribution in [0, 0.1) is 0 Å². The number of carbonyl (C=O) groups excluding carboxylic acids is 1. The molecule has 0 radical (unpaired) electrons. The van der Waals surface area contributed by atoms with Gasteiger partial charge in [-0.05, 0) is 19.2 Å². The summed E-state index contributed by atoms with van der Waals surface area (Å²) < 4.78 is 5.20. The van der Waals surface area contributed by atoms with E-state index in [9.17, 15) is 4.79 Å². The van der Waals surface area contributed by atoms with Crippen molar-refractivity contribution in [2.24, 2.45) is 0 Å². The largest absolute Gasteiger partial charge is 0.494 e. The summed E-state index contributed by atoms with van der Waals surface area (Å²) in [6, 6.07) is 5.12. The first-order valence-electron chi connectivity index (χ1n) is 6.37. The van der Waals surface area contributed by atoms with Crippen molar-refractivity contribution in [1.29, 1.82) is 0 Å². The number of nitrogens with one attached hydrogen (secondary N) is 1. The molecule has 3 N–H and O–H groups in total. The van der Waals surface area contributed by atoms with Crippen molar-refractivity contribution in [3.8, 4) is 5.75 Å². The summed E-state index contributed by atoms with van der Waals surface area (Å²) in [5.74, 6) is 0.432. The van der Waals surface area contributed by atoms with Crippen molar-refractivity contribution < 1.29 is 9.53 Å². The van der Waals surface area contributed by atoms with Crippen LogP contribution in [-0.2, 0) is 11.3 Å². The lowest BCUT2D eigenvalue weighted by Gasteiger charge is -2.16. The van der Waals surface area contributed by atoms with Crippen LogP contribution in [0.15, 0.2) is 29.1 Å². The van der Waals surface area contributed by atoms with Crippen molar-refractivity contribution in [2.45, 2.75) is 6.54 Å². The number of aromatic nitrogens is 1. The first-order valence-corrected chi connectivity index (χ1v) is 7.31. The van der Waals surface area contributed by atoms with Gasteiger partial charge < -0.3 is 15.8 Å². The van der Waals surface area contributed by atoms with E-state index in [1.807, 2.05) is 17.3 Å². The maximum atomic E-state index is 12.0. The molecule has 21 heavy (non-hydrogen) atoms. The van der Waals surface area contributed by atoms with Crippen LogP contribution in [-0.4, -0.2) is 36.5 Å². The van der Waals surface area contributed by atoms with E-state index in [0.717, 1.165) is 5.69 Å². The third-order valence-electron chi connectivity index (χ3n) is 2.83. The van der Waals surface area contributed by atoms with Crippen LogP contribution in [0.2, 0.25) is 0 Å². The Bertz CT molecular complexity index is 601. The molecule has 0 aliphatic rings. The Morgan fingerprint density at radius 1 is 1.52 bits per heavy atom. The van der Waals surface area contributed by atoms with E-state index in [1.54, 1.807) is 42.2 Å². The van der Waals surface area contributed by atoms with Gasteiger partial charge in [0.1, 0.15) is 5.75 Å². The lowest BCUT2D eigenvalue weighted by atomic mass is 10.2. The number of carbonyl (C=O) groups is 1. The summed E-state index contributed by atoms with van der Waals surface area (Å²) in [6.45, 7) is 0.904. The average Bonchev–Trinajstić information content (AvgIpc) is 2.93. The number of methoxy groups -OCH3 is 1. The van der Waals surface area contributed by atoms with E-state index in [2.05, 4.69) is 10.3 Å². The minimum atomic E-state index is -0.115. The summed E-state index contributed by atoms with van der Waals surface area (Å²) in [5, 5.41) is 4.79. The van der Waals surface area contributed by atoms with Crippen LogP contribution in [0.25, 0.3) is 0 Å². The fourth-order valence-electron chi connectivity index (χ4n) is 1.89. The van der Waals surface area contributed by atoms with Gasteiger partial charge in [0.25, 0.3) is 0 Å². The smallest absolute Gasteiger partial charge is 0.238 e. The highest BCUT2D eigenvalue weighted by molar-refractivity contribution is 7.07. The Morgan fingerprint density at radius 3 is 3.00 bits per heavy atom. The molecule has 0 atom stereocenters. The van der Waals surface area contributed by atoms with Crippen LogP contribution in [0.4, 0.5) is 11.4 Å². The van der Waals surface area contributed by atoms with E-state index in [4.69, 9.17) is 10.5 Å². The predicted molar refractivity (Wildman–Crippen MR) is 84.5 cm³/mol. The maximum Gasteiger partial charge on any atom is 0.238 e. The van der Waals surface area contributed by atoms with Crippen LogP contribution in [0.3, 0.4) is 0 Å². The molecule has 2 rings (SSSR count). The van der Waals surface area contributed by atoms with Crippen molar-refractivity contribution in [3.05, 3.63) is 34.8 Å². The summed E-state index contributed by atoms with van der Waals surface area (Å²) in [4.78, 5) is 18.1. The Kier molecular flexibility index (Phi) is 5.13. The molecule has 0 spiro atoms. The number of hydrogen-bond donors (Lipinski definition) is 2. The number of nitrogens with zero attached hydrogens (tertiary/aromatic N) is 2. The topological polar surface area (TPSA) is 80.5 Å². The molecule has 0 fully saturated rings. The molecule has 6 nitrogen and oxygen atoms in total. The van der Waals surface area contributed by atoms with Gasteiger partial charge in [0, 0.05) is 23.7 Å². The lowest BCUT2D eigenvalue weighted by molar-refractivity contribution is -0.117. The number of anilines is 2. The summed E-state index contributed by atoms with van der Waals surface area (Å²) in [6.07, 6.45) is 0. The molecule has 0 saturated heterocycles. The van der Waals surface area contributed by atoms with Crippen LogP contribution >= 0.6 is 11.3 Å². The first-order chi connectivity index (χ1) is 10.1. The van der Waals surface area contributed by atoms with E-state index in [0.29, 0.717) is 23.7 Å². The zero-order valence-corrected chi connectivity index (χ0v) is 12.8. The standard InChI is InChI=1S/C14H18N4O2S/c1-18(6-11-8-21-9-16-11)7-14(19)17-12-4-3-10(15)5-13(12)20-2/h3-5,8-9H,6-7,15H2,1-2H3,(H,17,19). The van der Waals surface area contributed by atoms with Gasteiger partial charge in [0.2, 0.25) is 5.91 Å². The van der Waals surface area contributed by atoms with Gasteiger partial charge in [-0.1, -0.05) is 0 Å². The lowest BCUT2D eigenvalue weighted by Crippen LogP contribution is -2.30. The molecule has 0 saturated carbocycles. The highest BCUT2D eigenvalue weighted by Crippen LogP contribution is 2.26. The second kappa shape index (κ2) is 7.05. The number of amides is 1. The molecule has 1 aromatic carbocycles. The van der Waals surface area contributed by atoms with Gasteiger partial charge in [-0.2, -0.15) is 0 Å². The molecule has 1 amide bonds. The number of hydrogen-bond acceptors (Lipinski definition) is 6. The summed E-state index contributed by atoms with van der Waals surface area (Å²) in [5.41, 5.74) is 9.62. The van der Waals surface area contributed by atoms with Crippen molar-refractivity contribution in [1.82, 2.24) is 9.88 Å². The molecule has 0 aliphatic carbocycles. The number of nitrogen functional groups attached to an aromatic ring is 1. The van der Waals surface area contributed by atoms with E-state index in [-0.39, 0.29) is 12.5 Å². The van der Waals surface area contributed by atoms with Gasteiger partial charge in [0.05, 0.1) is 30.5 Å². The molecule has 112 valence electrons. The Hall–Kier alpha value is -2.12. The number of thiazole rings is 1. The Balaban J connectivity index is 1.92. The van der Waals surface area contributed by atoms with Gasteiger partial charge in [-0.3, -0.25) is 9.69 Å². The van der Waals surface area contributed by atoms with Crippen molar-refractivity contribution in [2.75, 3.05) is 31.8 Å². The van der Waals surface area contributed by atoms with Crippen LogP contribution < -0.4 is 15.8 Å². The zero-order chi connectivity index (χ0) is 15.2. The Labute approximate surface area is 127 Å². The zero-order valence-electron chi connectivity index (χ0n) is 12.0. The number of rotatable bonds is 6. The predicted octanol–water partition coefficient (Wildman–Crippen LogP) is 1.80. The second-order valence-corrected chi connectivity index (χ2v) is 5.38. The monoisotopic (exact) mass is 306 g/mol. The molecule has 1 aromatic heterocycles. The molecule has 7 heteroatoms. The first kappa shape index (κ1) is 15.3. The van der Waals surface area contributed by atoms with Gasteiger partial charge in [-0.25, -0.2) is 4.98 Å². The summed E-state index contributed by atoms with van der Waals surface area (Å²) in [7, 11) is 3.41. The van der Waals surface area contributed by atoms with E-state index >= 15 is 0 Å². The molecule has 0 bridgehead atoms. The highest BCUT2D eigenvalue weighted by Gasteiger charge is 2.11. The van der Waals surface area contributed by atoms with Crippen LogP contribution in [0.5, 0.6) is 5.75 Å². The number of ether oxygens (including phenoxy) is 1. The third-order valence-corrected chi connectivity index (χ3v) is 3.46. The van der Waals surface area contributed by atoms with E-state index in [1.165, 1.54) is 0 Å². The van der Waals surface area contributed by atoms with Gasteiger partial charge in [-0.15, -0.1) is 11.3 Å². The fourth-order valence-corrected chi connectivity index (χ4v) is 2.44. The van der Waals surface area contributed by atoms with Gasteiger partial charge >= 0.3 is 0 Å². The number of nitrogens with two attached hydrogens (primary N) is 1. The minimum Gasteiger partial charge on any atom is -0.494 e. The quantitative estimate of drug-likeness (QED) is 0.796. The molecular formula is C14H18N4O2S. The average molecular weight is 306 g/mol. The molecular weight excluding hydrogens is 288 g/mol.